The van der Waals surface area contributed by atoms with Gasteiger partial charge in [0, 0.05) is 0 Å². The molecular formula is C3H6LiNO4. The zero-order chi connectivity index (χ0) is 6.57. The molecule has 0 unspecified atom stereocenters. The third kappa shape index (κ3) is 7.50. The third-order valence-corrected chi connectivity index (χ3v) is 0.368. The summed E-state index contributed by atoms with van der Waals surface area (Å²) in [7, 11) is 0. The van der Waals surface area contributed by atoms with Crippen LogP contribution in [-0.4, -0.2) is 42.6 Å². The summed E-state index contributed by atoms with van der Waals surface area (Å²) in [4.78, 5) is 19.4. The van der Waals surface area contributed by atoms with E-state index >= 15 is 0 Å². The molecule has 0 aliphatic rings. The van der Waals surface area contributed by atoms with Gasteiger partial charge >= 0.3 is 31.0 Å². The Bertz CT molecular complexity index is 114. The summed E-state index contributed by atoms with van der Waals surface area (Å²) in [6.07, 6.45) is -1.62. The van der Waals surface area contributed by atoms with E-state index < -0.39 is 18.7 Å². The van der Waals surface area contributed by atoms with Crippen LogP contribution in [0.25, 0.3) is 0 Å². The molecule has 0 radical (unpaired) electrons. The van der Waals surface area contributed by atoms with Gasteiger partial charge in [-0.05, 0) is 0 Å². The molecule has 0 aromatic rings. The van der Waals surface area contributed by atoms with Gasteiger partial charge < -0.3 is 15.6 Å². The van der Waals surface area contributed by atoms with Gasteiger partial charge in [0.1, 0.15) is 0 Å². The zero-order valence-electron chi connectivity index (χ0n) is 3.96. The molecule has 48 valence electrons. The Balaban J connectivity index is 0. The quantitative estimate of drug-likeness (QED) is 0.254. The Kier molecular flexibility index (Phi) is 7.08. The molecule has 0 heterocycles. The van der Waals surface area contributed by atoms with Crippen molar-refractivity contribution in [2.45, 2.75) is 0 Å². The molecule has 0 saturated carbocycles. The van der Waals surface area contributed by atoms with E-state index in [2.05, 4.69) is 10.5 Å². The number of ether oxygens (including phenoxy) is 1. The number of hydrogen-bond donors (Lipinski definition) is 2. The molecule has 0 fully saturated rings. The molecule has 0 atom stereocenters. The van der Waals surface area contributed by atoms with Crippen LogP contribution in [0.15, 0.2) is 0 Å². The molecule has 0 aliphatic carbocycles. The molecule has 5 nitrogen and oxygen atoms in total. The van der Waals surface area contributed by atoms with Crippen LogP contribution in [-0.2, 0) is 9.53 Å². The van der Waals surface area contributed by atoms with Crippen molar-refractivity contribution < 1.29 is 19.4 Å². The molecule has 3 N–H and O–H groups in total. The average molecular weight is 127 g/mol. The summed E-state index contributed by atoms with van der Waals surface area (Å²) in [6.45, 7) is -0.410. The van der Waals surface area contributed by atoms with E-state index in [4.69, 9.17) is 5.11 Å². The van der Waals surface area contributed by atoms with E-state index in [0.29, 0.717) is 0 Å². The fraction of sp³-hybridized carbons (Fsp3) is 0.333. The van der Waals surface area contributed by atoms with Crippen molar-refractivity contribution in [3.8, 4) is 0 Å². The Labute approximate surface area is 63.3 Å². The predicted molar refractivity (Wildman–Crippen MR) is 30.3 cm³/mol. The number of carbonyl (C=O) groups is 2. The number of esters is 1. The van der Waals surface area contributed by atoms with Crippen LogP contribution in [0.5, 0.6) is 0 Å². The number of nitrogens with two attached hydrogens (primary N) is 1. The SMILES string of the molecule is NCC(=O)OC(=O)O.[LiH]. The summed E-state index contributed by atoms with van der Waals surface area (Å²) < 4.78 is 3.55. The van der Waals surface area contributed by atoms with Gasteiger partial charge in [-0.1, -0.05) is 0 Å². The summed E-state index contributed by atoms with van der Waals surface area (Å²) in [5.41, 5.74) is 4.68. The molecule has 0 aromatic heterocycles. The monoisotopic (exact) mass is 127 g/mol. The van der Waals surface area contributed by atoms with Crippen LogP contribution >= 0.6 is 0 Å². The molecule has 9 heavy (non-hydrogen) atoms. The van der Waals surface area contributed by atoms with Gasteiger partial charge in [0.2, 0.25) is 0 Å². The van der Waals surface area contributed by atoms with Gasteiger partial charge in [-0.25, -0.2) is 4.79 Å². The number of rotatable bonds is 1. The first kappa shape index (κ1) is 11.3. The van der Waals surface area contributed by atoms with E-state index in [1.54, 1.807) is 0 Å². The van der Waals surface area contributed by atoms with E-state index in [1.165, 1.54) is 0 Å². The van der Waals surface area contributed by atoms with E-state index in [0.717, 1.165) is 0 Å². The molecule has 0 spiro atoms. The molecule has 6 heteroatoms. The van der Waals surface area contributed by atoms with Gasteiger partial charge in [0.15, 0.2) is 0 Å². The molecule has 0 amide bonds. The number of carboxylic acid groups (broad SMARTS) is 1. The summed E-state index contributed by atoms with van der Waals surface area (Å²) in [6, 6.07) is 0. The van der Waals surface area contributed by atoms with Crippen LogP contribution in [0.1, 0.15) is 0 Å². The van der Waals surface area contributed by atoms with Crippen molar-refractivity contribution >= 4 is 31.0 Å². The maximum absolute atomic E-state index is 9.89. The van der Waals surface area contributed by atoms with Crippen molar-refractivity contribution in [3.05, 3.63) is 0 Å². The fourth-order valence-electron chi connectivity index (χ4n) is 0.139. The first-order valence-corrected chi connectivity index (χ1v) is 1.80. The summed E-state index contributed by atoms with van der Waals surface area (Å²) in [5.74, 6) is -0.947. The van der Waals surface area contributed by atoms with E-state index in [-0.39, 0.29) is 18.9 Å². The van der Waals surface area contributed by atoms with Crippen LogP contribution in [0, 0.1) is 0 Å². The van der Waals surface area contributed by atoms with Crippen LogP contribution < -0.4 is 5.73 Å². The topological polar surface area (TPSA) is 89.6 Å². The van der Waals surface area contributed by atoms with Crippen molar-refractivity contribution in [3.63, 3.8) is 0 Å². The maximum atomic E-state index is 9.89. The normalized spacial score (nSPS) is 7.22. The van der Waals surface area contributed by atoms with E-state index in [9.17, 15) is 9.59 Å². The molecule has 0 saturated heterocycles. The fourth-order valence-corrected chi connectivity index (χ4v) is 0.139. The van der Waals surface area contributed by atoms with Crippen LogP contribution in [0.3, 0.4) is 0 Å². The molecule has 0 rings (SSSR count). The van der Waals surface area contributed by atoms with Gasteiger partial charge in [-0.3, -0.25) is 4.79 Å². The van der Waals surface area contributed by atoms with Crippen LogP contribution in [0.2, 0.25) is 0 Å². The second kappa shape index (κ2) is 5.63. The van der Waals surface area contributed by atoms with Crippen molar-refractivity contribution in [1.29, 1.82) is 0 Å². The first-order chi connectivity index (χ1) is 3.66. The predicted octanol–water partition coefficient (Wildman–Crippen LogP) is -1.48. The van der Waals surface area contributed by atoms with E-state index in [1.807, 2.05) is 0 Å². The summed E-state index contributed by atoms with van der Waals surface area (Å²) in [5, 5.41) is 7.72. The Morgan fingerprint density at radius 2 is 2.00 bits per heavy atom. The minimum atomic E-state index is -1.62. The molecule has 0 aromatic carbocycles. The molecular weight excluding hydrogens is 121 g/mol. The van der Waals surface area contributed by atoms with Crippen LogP contribution in [0.4, 0.5) is 4.79 Å². The second-order valence-electron chi connectivity index (χ2n) is 0.944. The van der Waals surface area contributed by atoms with Crippen molar-refractivity contribution in [2.24, 2.45) is 5.73 Å². The van der Waals surface area contributed by atoms with Crippen molar-refractivity contribution in [1.82, 2.24) is 0 Å². The average Bonchev–Trinajstić information content (AvgIpc) is 1.65. The first-order valence-electron chi connectivity index (χ1n) is 1.80. The Morgan fingerprint density at radius 1 is 1.56 bits per heavy atom. The van der Waals surface area contributed by atoms with Gasteiger partial charge in [-0.2, -0.15) is 0 Å². The van der Waals surface area contributed by atoms with Gasteiger partial charge in [0.05, 0.1) is 6.54 Å². The number of hydrogen-bond acceptors (Lipinski definition) is 4. The number of carbonyl (C=O) groups excluding carboxylic acids is 1. The zero-order valence-corrected chi connectivity index (χ0v) is 3.96. The van der Waals surface area contributed by atoms with Crippen molar-refractivity contribution in [2.75, 3.05) is 6.54 Å². The molecule has 0 aliphatic heterocycles. The second-order valence-corrected chi connectivity index (χ2v) is 0.944. The Hall–Kier alpha value is -0.503. The van der Waals surface area contributed by atoms with Gasteiger partial charge in [0.25, 0.3) is 0 Å². The minimum absolute atomic E-state index is 0. The Morgan fingerprint density at radius 3 is 2.11 bits per heavy atom. The standard InChI is InChI=1S/C3H5NO4.Li.H/c4-1-2(5)8-3(6)7;;/h1,4H2,(H,6,7);;. The third-order valence-electron chi connectivity index (χ3n) is 0.368. The molecule has 0 bridgehead atoms. The summed E-state index contributed by atoms with van der Waals surface area (Å²) >= 11 is 0. The van der Waals surface area contributed by atoms with Gasteiger partial charge in [-0.15, -0.1) is 0 Å².